The highest BCUT2D eigenvalue weighted by atomic mass is 16.5. The van der Waals surface area contributed by atoms with Crippen LogP contribution in [0.2, 0.25) is 0 Å². The van der Waals surface area contributed by atoms with Gasteiger partial charge in [-0.15, -0.1) is 0 Å². The Labute approximate surface area is 193 Å². The zero-order chi connectivity index (χ0) is 23.2. The average Bonchev–Trinajstić information content (AvgIpc) is 3.13. The number of nitriles is 1. The Hall–Kier alpha value is -3.99. The molecule has 1 aromatic heterocycles. The van der Waals surface area contributed by atoms with Crippen molar-refractivity contribution < 1.29 is 13.9 Å². The van der Waals surface area contributed by atoms with E-state index in [9.17, 15) is 4.79 Å². The summed E-state index contributed by atoms with van der Waals surface area (Å²) in [4.78, 5) is 21.0. The molecule has 0 atom stereocenters. The molecular formula is C25H27N5O3. The fraction of sp³-hybridized carbons (Fsp3) is 0.320. The number of carbonyl (C=O) groups is 1. The highest BCUT2D eigenvalue weighted by Gasteiger charge is 2.20. The minimum atomic E-state index is -0.0742. The van der Waals surface area contributed by atoms with Crippen LogP contribution in [0, 0.1) is 18.3 Å². The number of benzene rings is 2. The van der Waals surface area contributed by atoms with Gasteiger partial charge in [0, 0.05) is 51.4 Å². The van der Waals surface area contributed by atoms with Crippen LogP contribution in [-0.4, -0.2) is 49.2 Å². The quantitative estimate of drug-likeness (QED) is 0.639. The lowest BCUT2D eigenvalue weighted by atomic mass is 10.1. The molecule has 0 radical (unpaired) electrons. The van der Waals surface area contributed by atoms with E-state index in [2.05, 4.69) is 27.3 Å². The number of methoxy groups -OCH3 is 1. The van der Waals surface area contributed by atoms with Crippen LogP contribution in [0.3, 0.4) is 0 Å². The lowest BCUT2D eigenvalue weighted by Crippen LogP contribution is -2.41. The molecule has 3 aromatic rings. The Kier molecular flexibility index (Phi) is 6.79. The molecule has 0 bridgehead atoms. The molecule has 33 heavy (non-hydrogen) atoms. The van der Waals surface area contributed by atoms with E-state index < -0.39 is 0 Å². The average molecular weight is 446 g/mol. The maximum absolute atomic E-state index is 12.7. The summed E-state index contributed by atoms with van der Waals surface area (Å²) in [5.74, 6) is 2.02. The molecule has 0 saturated carbocycles. The van der Waals surface area contributed by atoms with Crippen LogP contribution in [0.4, 0.5) is 10.5 Å². The molecule has 2 heterocycles. The van der Waals surface area contributed by atoms with Crippen LogP contribution in [0.5, 0.6) is 5.75 Å². The zero-order valence-electron chi connectivity index (χ0n) is 18.9. The summed E-state index contributed by atoms with van der Waals surface area (Å²) in [6.45, 7) is 5.16. The number of hydrogen-bond donors (Lipinski definition) is 1. The Balaban J connectivity index is 1.37. The third-order valence-corrected chi connectivity index (χ3v) is 5.75. The SMILES string of the molecule is COc1cc(N2CCCN(C(=O)NCc3ccc(C#N)cc3)CC2)ccc1-c1cnc(C)o1. The molecule has 0 spiro atoms. The van der Waals surface area contributed by atoms with Crippen molar-refractivity contribution in [3.63, 3.8) is 0 Å². The summed E-state index contributed by atoms with van der Waals surface area (Å²) in [5.41, 5.74) is 3.48. The van der Waals surface area contributed by atoms with Gasteiger partial charge in [0.15, 0.2) is 11.7 Å². The second kappa shape index (κ2) is 10.1. The van der Waals surface area contributed by atoms with E-state index in [-0.39, 0.29) is 6.03 Å². The number of nitrogens with zero attached hydrogens (tertiary/aromatic N) is 4. The maximum atomic E-state index is 12.7. The number of amides is 2. The first-order chi connectivity index (χ1) is 16.1. The van der Waals surface area contributed by atoms with Crippen molar-refractivity contribution in [1.82, 2.24) is 15.2 Å². The number of carbonyl (C=O) groups excluding carboxylic acids is 1. The highest BCUT2D eigenvalue weighted by Crippen LogP contribution is 2.34. The Morgan fingerprint density at radius 2 is 2.00 bits per heavy atom. The summed E-state index contributed by atoms with van der Waals surface area (Å²) < 4.78 is 11.3. The van der Waals surface area contributed by atoms with Gasteiger partial charge in [-0.1, -0.05) is 12.1 Å². The van der Waals surface area contributed by atoms with E-state index in [1.54, 1.807) is 25.4 Å². The van der Waals surface area contributed by atoms with Crippen molar-refractivity contribution in [2.75, 3.05) is 38.2 Å². The van der Waals surface area contributed by atoms with Gasteiger partial charge in [-0.2, -0.15) is 5.26 Å². The molecular weight excluding hydrogens is 418 g/mol. The molecule has 2 aromatic carbocycles. The first-order valence-electron chi connectivity index (χ1n) is 10.9. The second-order valence-corrected chi connectivity index (χ2v) is 7.92. The van der Waals surface area contributed by atoms with E-state index in [4.69, 9.17) is 14.4 Å². The van der Waals surface area contributed by atoms with Crippen molar-refractivity contribution in [2.24, 2.45) is 0 Å². The van der Waals surface area contributed by atoms with Crippen LogP contribution in [0.1, 0.15) is 23.4 Å². The number of rotatable bonds is 5. The van der Waals surface area contributed by atoms with Crippen molar-refractivity contribution in [3.8, 4) is 23.1 Å². The Morgan fingerprint density at radius 1 is 1.18 bits per heavy atom. The van der Waals surface area contributed by atoms with E-state index in [1.807, 2.05) is 36.1 Å². The van der Waals surface area contributed by atoms with Gasteiger partial charge in [-0.05, 0) is 36.2 Å². The van der Waals surface area contributed by atoms with Crippen LogP contribution in [-0.2, 0) is 6.54 Å². The van der Waals surface area contributed by atoms with Gasteiger partial charge in [0.25, 0.3) is 0 Å². The zero-order valence-corrected chi connectivity index (χ0v) is 18.9. The fourth-order valence-electron chi connectivity index (χ4n) is 3.93. The molecule has 1 aliphatic heterocycles. The van der Waals surface area contributed by atoms with Crippen molar-refractivity contribution >= 4 is 11.7 Å². The molecule has 1 N–H and O–H groups in total. The van der Waals surface area contributed by atoms with E-state index in [1.165, 1.54) is 0 Å². The number of nitrogens with one attached hydrogen (secondary N) is 1. The third kappa shape index (κ3) is 5.26. The molecule has 1 aliphatic rings. The number of aromatic nitrogens is 1. The topological polar surface area (TPSA) is 94.6 Å². The van der Waals surface area contributed by atoms with Gasteiger partial charge in [0.05, 0.1) is 30.5 Å². The number of anilines is 1. The molecule has 0 aliphatic carbocycles. The van der Waals surface area contributed by atoms with Gasteiger partial charge in [0.1, 0.15) is 5.75 Å². The lowest BCUT2D eigenvalue weighted by molar-refractivity contribution is 0.201. The molecule has 4 rings (SSSR count). The first-order valence-corrected chi connectivity index (χ1v) is 10.9. The van der Waals surface area contributed by atoms with Crippen molar-refractivity contribution in [1.29, 1.82) is 5.26 Å². The molecule has 1 saturated heterocycles. The van der Waals surface area contributed by atoms with Crippen molar-refractivity contribution in [2.45, 2.75) is 19.9 Å². The lowest BCUT2D eigenvalue weighted by Gasteiger charge is -2.24. The van der Waals surface area contributed by atoms with E-state index in [0.717, 1.165) is 42.1 Å². The molecule has 2 amide bonds. The van der Waals surface area contributed by atoms with E-state index in [0.29, 0.717) is 36.8 Å². The molecule has 170 valence electrons. The molecule has 0 unspecified atom stereocenters. The van der Waals surface area contributed by atoms with Gasteiger partial charge in [-0.3, -0.25) is 0 Å². The molecule has 1 fully saturated rings. The van der Waals surface area contributed by atoms with Gasteiger partial charge in [0.2, 0.25) is 0 Å². The van der Waals surface area contributed by atoms with E-state index >= 15 is 0 Å². The predicted octanol–water partition coefficient (Wildman–Crippen LogP) is 3.95. The third-order valence-electron chi connectivity index (χ3n) is 5.75. The Morgan fingerprint density at radius 3 is 2.70 bits per heavy atom. The van der Waals surface area contributed by atoms with Crippen molar-refractivity contribution in [3.05, 3.63) is 65.7 Å². The Bertz CT molecular complexity index is 1150. The summed E-state index contributed by atoms with van der Waals surface area (Å²) in [5, 5.41) is 11.9. The normalized spacial score (nSPS) is 13.8. The highest BCUT2D eigenvalue weighted by molar-refractivity contribution is 5.74. The van der Waals surface area contributed by atoms with Crippen LogP contribution in [0.25, 0.3) is 11.3 Å². The second-order valence-electron chi connectivity index (χ2n) is 7.92. The number of aryl methyl sites for hydroxylation is 1. The maximum Gasteiger partial charge on any atom is 0.317 e. The van der Waals surface area contributed by atoms with Crippen LogP contribution < -0.4 is 15.0 Å². The monoisotopic (exact) mass is 445 g/mol. The largest absolute Gasteiger partial charge is 0.496 e. The number of oxazole rings is 1. The van der Waals surface area contributed by atoms with Crippen LogP contribution in [0.15, 0.2) is 53.1 Å². The minimum Gasteiger partial charge on any atom is -0.496 e. The minimum absolute atomic E-state index is 0.0742. The smallest absolute Gasteiger partial charge is 0.317 e. The summed E-state index contributed by atoms with van der Waals surface area (Å²) in [6, 6.07) is 15.3. The number of ether oxygens (including phenoxy) is 1. The summed E-state index contributed by atoms with van der Waals surface area (Å²) in [6.07, 6.45) is 2.57. The van der Waals surface area contributed by atoms with Crippen LogP contribution >= 0.6 is 0 Å². The molecule has 8 heteroatoms. The standard InChI is InChI=1S/C25H27N5O3/c1-18-27-17-24(33-18)22-9-8-21(14-23(22)32-2)29-10-3-11-30(13-12-29)25(31)28-16-20-6-4-19(15-26)5-7-20/h4-9,14,17H,3,10-13,16H2,1-2H3,(H,28,31). The predicted molar refractivity (Wildman–Crippen MR) is 125 cm³/mol. The first kappa shape index (κ1) is 22.2. The van der Waals surface area contributed by atoms with Gasteiger partial charge in [-0.25, -0.2) is 9.78 Å². The molecule has 8 nitrogen and oxygen atoms in total. The number of hydrogen-bond acceptors (Lipinski definition) is 6. The van der Waals surface area contributed by atoms with Gasteiger partial charge >= 0.3 is 6.03 Å². The summed E-state index contributed by atoms with van der Waals surface area (Å²) >= 11 is 0. The fourth-order valence-corrected chi connectivity index (χ4v) is 3.93. The number of urea groups is 1. The van der Waals surface area contributed by atoms with Gasteiger partial charge < -0.3 is 24.3 Å². The summed E-state index contributed by atoms with van der Waals surface area (Å²) in [7, 11) is 1.65.